The van der Waals surface area contributed by atoms with E-state index in [1.165, 1.54) is 50.0 Å². The maximum absolute atomic E-state index is 13.7. The fraction of sp³-hybridized carbons (Fsp3) is 0.400. The van der Waals surface area contributed by atoms with Crippen molar-refractivity contribution in [3.05, 3.63) is 154 Å². The van der Waals surface area contributed by atoms with Crippen LogP contribution in [0.4, 0.5) is 50.9 Å². The molecule has 5 aromatic rings. The van der Waals surface area contributed by atoms with Crippen LogP contribution in [0.2, 0.25) is 0 Å². The predicted molar refractivity (Wildman–Crippen MR) is 274 cm³/mol. The zero-order valence-corrected chi connectivity index (χ0v) is 43.6. The van der Waals surface area contributed by atoms with Gasteiger partial charge in [0.2, 0.25) is 11.1 Å². The number of halogens is 10. The molecular formula is C55H59ClF9N7O6. The Bertz CT molecular complexity index is 2810. The molecule has 3 amide bonds. The molecule has 4 N–H and O–H groups in total. The van der Waals surface area contributed by atoms with E-state index in [0.717, 1.165) is 99.3 Å². The van der Waals surface area contributed by atoms with Crippen molar-refractivity contribution in [1.82, 2.24) is 25.5 Å². The number of hydrogen-bond donors (Lipinski definition) is 4. The molecule has 23 heteroatoms. The monoisotopic (exact) mass is 1120 g/mol. The molecule has 3 aromatic carbocycles. The highest BCUT2D eigenvalue weighted by atomic mass is 35.5. The summed E-state index contributed by atoms with van der Waals surface area (Å²) in [6.07, 6.45) is -3.37. The average Bonchev–Trinajstić information content (AvgIpc) is 4.36. The average molecular weight is 1120 g/mol. The van der Waals surface area contributed by atoms with Gasteiger partial charge in [-0.15, -0.1) is 0 Å². The number of carbonyl (C=O) groups excluding carboxylic acids is 4. The van der Waals surface area contributed by atoms with E-state index in [2.05, 4.69) is 41.0 Å². The maximum atomic E-state index is 13.7. The molecule has 2 aliphatic carbocycles. The van der Waals surface area contributed by atoms with Crippen LogP contribution in [0.5, 0.6) is 0 Å². The molecule has 78 heavy (non-hydrogen) atoms. The van der Waals surface area contributed by atoms with Gasteiger partial charge in [0.05, 0.1) is 39.7 Å². The van der Waals surface area contributed by atoms with Gasteiger partial charge in [0, 0.05) is 36.1 Å². The molecule has 13 nitrogen and oxygen atoms in total. The van der Waals surface area contributed by atoms with Crippen molar-refractivity contribution >= 4 is 51.9 Å². The lowest BCUT2D eigenvalue weighted by Crippen LogP contribution is -2.40. The topological polar surface area (TPSA) is 174 Å². The van der Waals surface area contributed by atoms with Gasteiger partial charge in [-0.1, -0.05) is 20.8 Å². The summed E-state index contributed by atoms with van der Waals surface area (Å²) in [5.41, 5.74) is 1.53. The summed E-state index contributed by atoms with van der Waals surface area (Å²) in [5.74, 6) is -4.36. The molecule has 0 saturated heterocycles. The highest BCUT2D eigenvalue weighted by molar-refractivity contribution is 6.64. The largest absolute Gasteiger partial charge is 0.478 e. The highest BCUT2D eigenvalue weighted by Crippen LogP contribution is 2.38. The van der Waals surface area contributed by atoms with E-state index in [-0.39, 0.29) is 51.1 Å². The summed E-state index contributed by atoms with van der Waals surface area (Å²) in [5, 5.41) is 15.2. The minimum atomic E-state index is -4.78. The third-order valence-corrected chi connectivity index (χ3v) is 12.8. The third kappa shape index (κ3) is 18.8. The SMILES string of the molecule is CCN(CC)CC.O=C(Cl)C1CC1.O=C(N[C@@H](c1ccc2c(n1)CCCN2)C(F)(F)F)c1ccc(F)cc1.O=C(N[C@@H](c1ccc2c(n1)CCCN2C(=O)C1CC1)C(F)(F)F)c1ccc(F)cc1.O=C(O)c1ccc(F)cc1. The second-order valence-electron chi connectivity index (χ2n) is 18.3. The van der Waals surface area contributed by atoms with Gasteiger partial charge in [-0.25, -0.2) is 18.0 Å². The van der Waals surface area contributed by atoms with Crippen LogP contribution < -0.4 is 20.9 Å². The van der Waals surface area contributed by atoms with Gasteiger partial charge in [0.15, 0.2) is 12.1 Å². The first kappa shape index (κ1) is 61.8. The smallest absolute Gasteiger partial charge is 0.414 e. The Balaban J connectivity index is 0.000000207. The van der Waals surface area contributed by atoms with E-state index in [9.17, 15) is 63.5 Å². The van der Waals surface area contributed by atoms with Gasteiger partial charge in [-0.3, -0.25) is 29.1 Å². The Morgan fingerprint density at radius 2 is 1.05 bits per heavy atom. The standard InChI is InChI=1S/C21H19F4N3O2.C17H15F4N3O.C7H5FO2.C6H15N.C4H5ClO/c22-14-7-5-12(6-8-14)19(29)27-18(21(23,24)25)16-9-10-17-15(26-16)2-1-11-28(17)20(30)13-3-4-13;18-11-5-3-10(4-6-11)16(25)24-15(17(19,20)21)14-8-7-12-13(23-14)2-1-9-22-12;8-6-3-1-5(2-4-6)7(9)10;1-4-7(5-2)6-3;5-4(6)3-1-2-3/h5-10,13,18H,1-4,11H2,(H,27,29);3-8,15,22H,1-2,9H2,(H,24,25);1-4H,(H,9,10);4-6H2,1-3H3;3H,1-2H2/t18-;15-;;;/m00.../s1. The van der Waals surface area contributed by atoms with Gasteiger partial charge >= 0.3 is 18.3 Å². The second kappa shape index (κ2) is 28.5. The molecule has 2 aliphatic heterocycles. The van der Waals surface area contributed by atoms with E-state index in [1.54, 1.807) is 11.0 Å². The predicted octanol–water partition coefficient (Wildman–Crippen LogP) is 11.6. The first-order valence-corrected chi connectivity index (χ1v) is 25.5. The van der Waals surface area contributed by atoms with Crippen LogP contribution in [0.3, 0.4) is 0 Å². The first-order chi connectivity index (χ1) is 36.9. The van der Waals surface area contributed by atoms with E-state index < -0.39 is 59.7 Å². The maximum Gasteiger partial charge on any atom is 0.414 e. The molecule has 2 saturated carbocycles. The van der Waals surface area contributed by atoms with E-state index in [1.807, 2.05) is 10.6 Å². The van der Waals surface area contributed by atoms with Crippen molar-refractivity contribution < 1.29 is 68.6 Å². The molecule has 420 valence electrons. The first-order valence-electron chi connectivity index (χ1n) is 25.2. The van der Waals surface area contributed by atoms with Crippen LogP contribution in [0.15, 0.2) is 97.1 Å². The summed E-state index contributed by atoms with van der Waals surface area (Å²) >= 11 is 5.04. The quantitative estimate of drug-likeness (QED) is 0.0695. The number of hydrogen-bond acceptors (Lipinski definition) is 9. The second-order valence-corrected chi connectivity index (χ2v) is 18.6. The van der Waals surface area contributed by atoms with Crippen LogP contribution in [0.25, 0.3) is 0 Å². The minimum Gasteiger partial charge on any atom is -0.478 e. The molecule has 0 spiro atoms. The normalized spacial score (nSPS) is 15.2. The number of alkyl halides is 6. The number of nitrogens with one attached hydrogen (secondary N) is 3. The number of carboxylic acids is 1. The Labute approximate surface area is 450 Å². The van der Waals surface area contributed by atoms with Gasteiger partial charge in [-0.2, -0.15) is 26.3 Å². The lowest BCUT2D eigenvalue weighted by atomic mass is 10.0. The van der Waals surface area contributed by atoms with Crippen LogP contribution >= 0.6 is 11.6 Å². The number of carbonyl (C=O) groups is 5. The number of aryl methyl sites for hydroxylation is 2. The lowest BCUT2D eigenvalue weighted by molar-refractivity contribution is -0.156. The number of fused-ring (bicyclic) bond motifs is 2. The highest BCUT2D eigenvalue weighted by Gasteiger charge is 2.45. The molecular weight excluding hydrogens is 1060 g/mol. The summed E-state index contributed by atoms with van der Waals surface area (Å²) in [6, 6.07) is 14.1. The molecule has 2 atom stereocenters. The van der Waals surface area contributed by atoms with E-state index >= 15 is 0 Å². The van der Waals surface area contributed by atoms with E-state index in [0.29, 0.717) is 48.6 Å². The number of carboxylic acid groups (broad SMARTS) is 1. The van der Waals surface area contributed by atoms with E-state index in [4.69, 9.17) is 16.7 Å². The molecule has 2 aromatic heterocycles. The van der Waals surface area contributed by atoms with Crippen molar-refractivity contribution in [2.45, 2.75) is 96.6 Å². The van der Waals surface area contributed by atoms with Crippen molar-refractivity contribution in [3.63, 3.8) is 0 Å². The number of benzene rings is 3. The lowest BCUT2D eigenvalue weighted by Gasteiger charge is -2.30. The van der Waals surface area contributed by atoms with Crippen molar-refractivity contribution in [3.8, 4) is 0 Å². The van der Waals surface area contributed by atoms with Gasteiger partial charge in [0.1, 0.15) is 17.5 Å². The Hall–Kier alpha value is -7.07. The minimum absolute atomic E-state index is 0.00597. The molecule has 0 bridgehead atoms. The van der Waals surface area contributed by atoms with Gasteiger partial charge < -0.3 is 30.9 Å². The fourth-order valence-corrected chi connectivity index (χ4v) is 7.99. The van der Waals surface area contributed by atoms with Gasteiger partial charge in [0.25, 0.3) is 11.8 Å². The summed E-state index contributed by atoms with van der Waals surface area (Å²) in [6.45, 7) is 11.4. The third-order valence-electron chi connectivity index (χ3n) is 12.5. The van der Waals surface area contributed by atoms with Gasteiger partial charge in [-0.05, 0) is 180 Å². The molecule has 0 unspecified atom stereocenters. The zero-order chi connectivity index (χ0) is 57.3. The molecule has 4 heterocycles. The summed E-state index contributed by atoms with van der Waals surface area (Å²) in [7, 11) is 0. The molecule has 0 radical (unpaired) electrons. The number of rotatable bonds is 12. The van der Waals surface area contributed by atoms with Crippen LogP contribution in [0, 0.1) is 29.3 Å². The number of aromatic carboxylic acids is 1. The summed E-state index contributed by atoms with van der Waals surface area (Å²) < 4.78 is 120. The number of aromatic nitrogens is 2. The Morgan fingerprint density at radius 3 is 1.44 bits per heavy atom. The number of anilines is 2. The van der Waals surface area contributed by atoms with Crippen molar-refractivity contribution in [2.24, 2.45) is 11.8 Å². The molecule has 9 rings (SSSR count). The van der Waals surface area contributed by atoms with Crippen LogP contribution in [-0.4, -0.2) is 94.0 Å². The fourth-order valence-electron chi connectivity index (χ4n) is 7.77. The van der Waals surface area contributed by atoms with Crippen LogP contribution in [0.1, 0.15) is 125 Å². The Morgan fingerprint density at radius 1 is 0.628 bits per heavy atom. The zero-order valence-electron chi connectivity index (χ0n) is 42.8. The molecule has 4 aliphatic rings. The van der Waals surface area contributed by atoms with Crippen molar-refractivity contribution in [1.29, 1.82) is 0 Å². The number of nitrogens with zero attached hydrogens (tertiary/aromatic N) is 4. The van der Waals surface area contributed by atoms with Crippen molar-refractivity contribution in [2.75, 3.05) is 42.9 Å². The number of amides is 3. The van der Waals surface area contributed by atoms with Crippen LogP contribution in [-0.2, 0) is 22.4 Å². The molecule has 2 fully saturated rings. The summed E-state index contributed by atoms with van der Waals surface area (Å²) in [4.78, 5) is 69.2. The Kier molecular flexibility index (Phi) is 22.6. The number of pyridine rings is 2.